The van der Waals surface area contributed by atoms with Gasteiger partial charge in [0.2, 0.25) is 5.91 Å². The second-order valence-electron chi connectivity index (χ2n) is 8.02. The molecular weight excluding hydrogens is 278 g/mol. The van der Waals surface area contributed by atoms with Crippen LogP contribution < -0.4 is 10.6 Å². The predicted octanol–water partition coefficient (Wildman–Crippen LogP) is 1.14. The van der Waals surface area contributed by atoms with Crippen LogP contribution in [0.5, 0.6) is 0 Å². The molecule has 3 fully saturated rings. The molecule has 2 bridgehead atoms. The smallest absolute Gasteiger partial charge is 0.227 e. The molecule has 5 nitrogen and oxygen atoms in total. The molecule has 0 aromatic rings. The lowest BCUT2D eigenvalue weighted by atomic mass is 9.64. The zero-order valence-electron chi connectivity index (χ0n) is 14.1. The first-order chi connectivity index (χ1) is 10.3. The van der Waals surface area contributed by atoms with Crippen molar-refractivity contribution in [2.45, 2.75) is 46.5 Å². The van der Waals surface area contributed by atoms with Crippen LogP contribution in [0.4, 0.5) is 0 Å². The van der Waals surface area contributed by atoms with Crippen LogP contribution in [-0.2, 0) is 9.59 Å². The first-order valence-electron chi connectivity index (χ1n) is 8.58. The highest BCUT2D eigenvalue weighted by Gasteiger charge is 2.72. The molecule has 0 aromatic carbocycles. The Kier molecular flexibility index (Phi) is 3.84. The van der Waals surface area contributed by atoms with E-state index in [0.29, 0.717) is 13.0 Å². The van der Waals surface area contributed by atoms with Crippen molar-refractivity contribution in [1.29, 1.82) is 0 Å². The highest BCUT2D eigenvalue weighted by Crippen LogP contribution is 2.70. The molecule has 2 aliphatic carbocycles. The fourth-order valence-corrected chi connectivity index (χ4v) is 4.78. The lowest BCUT2D eigenvalue weighted by Crippen LogP contribution is -2.47. The van der Waals surface area contributed by atoms with Gasteiger partial charge in [-0.25, -0.2) is 0 Å². The molecule has 3 aliphatic rings. The molecule has 0 aromatic heterocycles. The summed E-state index contributed by atoms with van der Waals surface area (Å²) in [5.74, 6) is 0.383. The summed E-state index contributed by atoms with van der Waals surface area (Å²) in [6.07, 6.45) is 3.10. The Morgan fingerprint density at radius 2 is 2.09 bits per heavy atom. The number of fused-ring (bicyclic) bond motifs is 2. The summed E-state index contributed by atoms with van der Waals surface area (Å²) in [5.41, 5.74) is -1.03. The van der Waals surface area contributed by atoms with Crippen LogP contribution in [0.25, 0.3) is 0 Å². The van der Waals surface area contributed by atoms with E-state index in [1.807, 2.05) is 0 Å². The number of hydrogen-bond acceptors (Lipinski definition) is 4. The minimum atomic E-state index is -0.478. The van der Waals surface area contributed by atoms with Crippen LogP contribution >= 0.6 is 0 Å². The van der Waals surface area contributed by atoms with Gasteiger partial charge in [-0.15, -0.1) is 0 Å². The van der Waals surface area contributed by atoms with E-state index in [1.54, 1.807) is 0 Å². The van der Waals surface area contributed by atoms with Crippen molar-refractivity contribution >= 4 is 11.7 Å². The van der Waals surface area contributed by atoms with Crippen molar-refractivity contribution in [3.05, 3.63) is 0 Å². The van der Waals surface area contributed by atoms with Gasteiger partial charge in [-0.05, 0) is 24.7 Å². The second-order valence-corrected chi connectivity index (χ2v) is 8.02. The summed E-state index contributed by atoms with van der Waals surface area (Å²) in [5, 5.41) is 6.43. The molecule has 2 N–H and O–H groups in total. The molecule has 0 radical (unpaired) electrons. The van der Waals surface area contributed by atoms with Crippen LogP contribution in [-0.4, -0.2) is 49.4 Å². The third kappa shape index (κ3) is 2.05. The Morgan fingerprint density at radius 3 is 2.64 bits per heavy atom. The van der Waals surface area contributed by atoms with Crippen LogP contribution in [0.15, 0.2) is 0 Å². The number of ketones is 1. The second kappa shape index (κ2) is 5.31. The number of carbonyl (C=O) groups excluding carboxylic acids is 2. The van der Waals surface area contributed by atoms with E-state index < -0.39 is 5.41 Å². The molecule has 0 spiro atoms. The van der Waals surface area contributed by atoms with Gasteiger partial charge in [-0.3, -0.25) is 14.5 Å². The number of carbonyl (C=O) groups is 2. The van der Waals surface area contributed by atoms with E-state index >= 15 is 0 Å². The first kappa shape index (κ1) is 15.9. The van der Waals surface area contributed by atoms with Gasteiger partial charge >= 0.3 is 0 Å². The quantitative estimate of drug-likeness (QED) is 0.748. The van der Waals surface area contributed by atoms with E-state index in [0.717, 1.165) is 45.6 Å². The van der Waals surface area contributed by atoms with Gasteiger partial charge in [0.25, 0.3) is 0 Å². The Morgan fingerprint density at radius 1 is 1.32 bits per heavy atom. The molecule has 1 aliphatic heterocycles. The number of hydrogen-bond donors (Lipinski definition) is 2. The number of Topliss-reactive ketones (excluding diaryl/α,β-unsaturated/α-hetero) is 1. The summed E-state index contributed by atoms with van der Waals surface area (Å²) in [6.45, 7) is 11.1. The number of rotatable bonds is 5. The molecule has 2 unspecified atom stereocenters. The van der Waals surface area contributed by atoms with Crippen LogP contribution in [0.2, 0.25) is 0 Å². The lowest BCUT2D eigenvalue weighted by molar-refractivity contribution is -0.136. The Bertz CT molecular complexity index is 484. The average Bonchev–Trinajstić information content (AvgIpc) is 3.08. The van der Waals surface area contributed by atoms with Gasteiger partial charge in [-0.2, -0.15) is 0 Å². The maximum atomic E-state index is 12.8. The maximum Gasteiger partial charge on any atom is 0.227 e. The van der Waals surface area contributed by atoms with Crippen LogP contribution in [0.1, 0.15) is 46.5 Å². The molecular formula is C17H29N3O2. The maximum absolute atomic E-state index is 12.8. The van der Waals surface area contributed by atoms with Crippen LogP contribution in [0.3, 0.4) is 0 Å². The SMILES string of the molecule is CC12CCC(C(=O)NCCCN3CCNC3)(CC1=O)C2(C)C. The summed E-state index contributed by atoms with van der Waals surface area (Å²) in [4.78, 5) is 27.6. The van der Waals surface area contributed by atoms with E-state index in [2.05, 4.69) is 36.3 Å². The third-order valence-corrected chi connectivity index (χ3v) is 7.02. The van der Waals surface area contributed by atoms with E-state index in [9.17, 15) is 9.59 Å². The molecule has 3 rings (SSSR count). The van der Waals surface area contributed by atoms with Gasteiger partial charge in [-0.1, -0.05) is 20.8 Å². The molecule has 22 heavy (non-hydrogen) atoms. The normalized spacial score (nSPS) is 37.0. The molecule has 1 heterocycles. The number of amides is 1. The summed E-state index contributed by atoms with van der Waals surface area (Å²) < 4.78 is 0. The molecule has 1 amide bonds. The predicted molar refractivity (Wildman–Crippen MR) is 85.2 cm³/mol. The summed E-state index contributed by atoms with van der Waals surface area (Å²) in [7, 11) is 0. The van der Waals surface area contributed by atoms with Gasteiger partial charge in [0.05, 0.1) is 5.41 Å². The standard InChI is InChI=1S/C17H29N3O2/c1-15(2)16(3)5-6-17(15,11-13(16)21)14(22)19-7-4-9-20-10-8-18-12-20/h18H,4-12H2,1-3H3,(H,19,22). The van der Waals surface area contributed by atoms with Crippen molar-refractivity contribution in [3.63, 3.8) is 0 Å². The van der Waals surface area contributed by atoms with Gasteiger partial charge in [0.1, 0.15) is 5.78 Å². The van der Waals surface area contributed by atoms with Crippen molar-refractivity contribution in [2.24, 2.45) is 16.2 Å². The number of nitrogens with one attached hydrogen (secondary N) is 2. The van der Waals surface area contributed by atoms with Crippen molar-refractivity contribution in [1.82, 2.24) is 15.5 Å². The largest absolute Gasteiger partial charge is 0.356 e. The summed E-state index contributed by atoms with van der Waals surface area (Å²) >= 11 is 0. The molecule has 2 saturated carbocycles. The first-order valence-corrected chi connectivity index (χ1v) is 8.58. The topological polar surface area (TPSA) is 61.4 Å². The van der Waals surface area contributed by atoms with Gasteiger partial charge in [0, 0.05) is 44.7 Å². The lowest BCUT2D eigenvalue weighted by Gasteiger charge is -2.38. The van der Waals surface area contributed by atoms with Gasteiger partial charge < -0.3 is 10.6 Å². The molecule has 2 atom stereocenters. The third-order valence-electron chi connectivity index (χ3n) is 7.02. The molecule has 1 saturated heterocycles. The van der Waals surface area contributed by atoms with E-state index in [-0.39, 0.29) is 22.5 Å². The minimum absolute atomic E-state index is 0.103. The Balaban J connectivity index is 1.57. The molecule has 124 valence electrons. The zero-order valence-corrected chi connectivity index (χ0v) is 14.1. The summed E-state index contributed by atoms with van der Waals surface area (Å²) in [6, 6.07) is 0. The zero-order chi connectivity index (χ0) is 16.0. The van der Waals surface area contributed by atoms with Crippen molar-refractivity contribution in [3.8, 4) is 0 Å². The highest BCUT2D eigenvalue weighted by atomic mass is 16.2. The Labute approximate surface area is 133 Å². The van der Waals surface area contributed by atoms with E-state index in [1.165, 1.54) is 0 Å². The minimum Gasteiger partial charge on any atom is -0.356 e. The van der Waals surface area contributed by atoms with Crippen LogP contribution in [0, 0.1) is 16.2 Å². The van der Waals surface area contributed by atoms with E-state index in [4.69, 9.17) is 0 Å². The van der Waals surface area contributed by atoms with Crippen molar-refractivity contribution < 1.29 is 9.59 Å². The average molecular weight is 307 g/mol. The fraction of sp³-hybridized carbons (Fsp3) is 0.882. The Hall–Kier alpha value is -0.940. The monoisotopic (exact) mass is 307 g/mol. The highest BCUT2D eigenvalue weighted by molar-refractivity contribution is 5.99. The molecule has 5 heteroatoms. The van der Waals surface area contributed by atoms with Gasteiger partial charge in [0.15, 0.2) is 0 Å². The van der Waals surface area contributed by atoms with Crippen molar-refractivity contribution in [2.75, 3.05) is 32.8 Å². The fourth-order valence-electron chi connectivity index (χ4n) is 4.78. The number of nitrogens with zero attached hydrogens (tertiary/aromatic N) is 1.